The van der Waals surface area contributed by atoms with E-state index in [9.17, 15) is 14.4 Å². The molecule has 0 fully saturated rings. The van der Waals surface area contributed by atoms with E-state index in [4.69, 9.17) is 14.2 Å². The predicted octanol–water partition coefficient (Wildman–Crippen LogP) is 22.6. The first-order chi connectivity index (χ1) is 38.5. The van der Waals surface area contributed by atoms with Gasteiger partial charge in [-0.05, 0) is 103 Å². The molecular weight excluding hydrogens is 961 g/mol. The van der Waals surface area contributed by atoms with Crippen LogP contribution in [-0.4, -0.2) is 37.2 Å². The fraction of sp³-hybridized carbons (Fsp3) is 0.708. The van der Waals surface area contributed by atoms with Crippen molar-refractivity contribution in [3.05, 3.63) is 109 Å². The van der Waals surface area contributed by atoms with Crippen LogP contribution in [0.15, 0.2) is 109 Å². The van der Waals surface area contributed by atoms with Gasteiger partial charge in [-0.15, -0.1) is 0 Å². The summed E-state index contributed by atoms with van der Waals surface area (Å²) in [5.41, 5.74) is 0. The number of ether oxygens (including phenoxy) is 3. The van der Waals surface area contributed by atoms with Gasteiger partial charge >= 0.3 is 17.9 Å². The molecule has 0 heterocycles. The lowest BCUT2D eigenvalue weighted by molar-refractivity contribution is -0.167. The Morgan fingerprint density at radius 2 is 0.500 bits per heavy atom. The summed E-state index contributed by atoms with van der Waals surface area (Å²) in [6, 6.07) is 0. The highest BCUT2D eigenvalue weighted by atomic mass is 16.6. The van der Waals surface area contributed by atoms with Crippen LogP contribution in [0, 0.1) is 0 Å². The van der Waals surface area contributed by atoms with Gasteiger partial charge < -0.3 is 14.2 Å². The zero-order valence-electron chi connectivity index (χ0n) is 51.2. The molecule has 0 N–H and O–H groups in total. The molecule has 0 aromatic carbocycles. The molecule has 0 spiro atoms. The van der Waals surface area contributed by atoms with E-state index in [0.29, 0.717) is 19.3 Å². The van der Waals surface area contributed by atoms with Crippen molar-refractivity contribution >= 4 is 17.9 Å². The van der Waals surface area contributed by atoms with Crippen molar-refractivity contribution in [2.75, 3.05) is 13.2 Å². The van der Waals surface area contributed by atoms with Crippen LogP contribution in [0.3, 0.4) is 0 Å². The summed E-state index contributed by atoms with van der Waals surface area (Å²) >= 11 is 0. The molecule has 6 heteroatoms. The van der Waals surface area contributed by atoms with Crippen LogP contribution in [0.1, 0.15) is 310 Å². The molecule has 0 aliphatic heterocycles. The Morgan fingerprint density at radius 1 is 0.269 bits per heavy atom. The minimum absolute atomic E-state index is 0.0862. The monoisotopic (exact) mass is 1080 g/mol. The van der Waals surface area contributed by atoms with E-state index < -0.39 is 6.10 Å². The summed E-state index contributed by atoms with van der Waals surface area (Å²) in [6.07, 6.45) is 89.4. The Labute approximate surface area is 482 Å². The van der Waals surface area contributed by atoms with E-state index in [-0.39, 0.29) is 31.1 Å². The second-order valence-electron chi connectivity index (χ2n) is 21.6. The second kappa shape index (κ2) is 65.6. The summed E-state index contributed by atoms with van der Waals surface area (Å²) in [4.78, 5) is 38.4. The first-order valence-electron chi connectivity index (χ1n) is 32.9. The maximum atomic E-state index is 12.9. The number of allylic oxidation sites excluding steroid dienone is 18. The van der Waals surface area contributed by atoms with Crippen LogP contribution >= 0.6 is 0 Å². The molecule has 0 aliphatic carbocycles. The third-order valence-corrected chi connectivity index (χ3v) is 14.0. The third kappa shape index (κ3) is 62.9. The molecular formula is C72H122O6. The first kappa shape index (κ1) is 74.1. The van der Waals surface area contributed by atoms with Crippen molar-refractivity contribution in [1.82, 2.24) is 0 Å². The second-order valence-corrected chi connectivity index (χ2v) is 21.6. The molecule has 1 unspecified atom stereocenters. The van der Waals surface area contributed by atoms with Crippen molar-refractivity contribution in [2.45, 2.75) is 316 Å². The zero-order chi connectivity index (χ0) is 56.4. The van der Waals surface area contributed by atoms with E-state index in [0.717, 1.165) is 141 Å². The summed E-state index contributed by atoms with van der Waals surface area (Å²) in [7, 11) is 0. The van der Waals surface area contributed by atoms with E-state index in [2.05, 4.69) is 130 Å². The maximum absolute atomic E-state index is 12.9. The summed E-state index contributed by atoms with van der Waals surface area (Å²) in [5.74, 6) is -0.902. The molecule has 0 aliphatic rings. The first-order valence-corrected chi connectivity index (χ1v) is 32.9. The molecule has 78 heavy (non-hydrogen) atoms. The van der Waals surface area contributed by atoms with E-state index in [1.165, 1.54) is 128 Å². The number of esters is 3. The van der Waals surface area contributed by atoms with E-state index in [1.54, 1.807) is 0 Å². The lowest BCUT2D eigenvalue weighted by atomic mass is 10.0. The van der Waals surface area contributed by atoms with E-state index in [1.807, 2.05) is 0 Å². The molecule has 0 radical (unpaired) electrons. The SMILES string of the molecule is CC/C=C\C/C=C\C/C=C\C/C=C\C/C=C\CCCCCCCC(=O)OCC(COC(=O)CCCCCCCCCCCCCCCCCCCC)OC(=O)CCCCCCCCCC/C=C\C/C=C\C/C=C\C/C=C\CC. The summed E-state index contributed by atoms with van der Waals surface area (Å²) in [6.45, 7) is 6.43. The number of unbranched alkanes of at least 4 members (excludes halogenated alkanes) is 30. The molecule has 6 nitrogen and oxygen atoms in total. The molecule has 0 aromatic rings. The van der Waals surface area contributed by atoms with Crippen LogP contribution in [-0.2, 0) is 28.6 Å². The lowest BCUT2D eigenvalue weighted by Gasteiger charge is -2.18. The van der Waals surface area contributed by atoms with Crippen LogP contribution in [0.25, 0.3) is 0 Å². The molecule has 0 bridgehead atoms. The fourth-order valence-corrected chi connectivity index (χ4v) is 9.17. The summed E-state index contributed by atoms with van der Waals surface area (Å²) in [5, 5.41) is 0. The highest BCUT2D eigenvalue weighted by molar-refractivity contribution is 5.71. The molecule has 0 rings (SSSR count). The smallest absolute Gasteiger partial charge is 0.306 e. The molecule has 0 amide bonds. The Balaban J connectivity index is 4.43. The van der Waals surface area contributed by atoms with Gasteiger partial charge in [-0.3, -0.25) is 14.4 Å². The standard InChI is InChI=1S/C72H122O6/c1-4-7-10-13-16-19-22-25-28-31-34-36-38-41-44-47-50-53-56-59-62-65-71(74)77-68-69(67-76-70(73)64-61-58-55-52-49-46-43-40-33-30-27-24-21-18-15-12-9-6-3)78-72(75)66-63-60-57-54-51-48-45-42-39-37-35-32-29-26-23-20-17-14-11-8-5-2/h7-8,10-11,16-17,19-20,25-26,28-29,34-37,41,44,69H,4-6,9,12-15,18,21-24,27,30-33,38-40,42-43,45-68H2,1-3H3/b10-7-,11-8-,19-16-,20-17-,28-25-,29-26-,36-34-,37-35-,44-41-. The Morgan fingerprint density at radius 3 is 0.782 bits per heavy atom. The average molecular weight is 1080 g/mol. The minimum atomic E-state index is -0.793. The van der Waals surface area contributed by atoms with Crippen molar-refractivity contribution in [2.24, 2.45) is 0 Å². The van der Waals surface area contributed by atoms with Gasteiger partial charge in [0.05, 0.1) is 0 Å². The van der Waals surface area contributed by atoms with Crippen LogP contribution < -0.4 is 0 Å². The molecule has 0 saturated carbocycles. The Hall–Kier alpha value is -3.93. The van der Waals surface area contributed by atoms with Gasteiger partial charge in [0.25, 0.3) is 0 Å². The largest absolute Gasteiger partial charge is 0.462 e. The number of carbonyl (C=O) groups is 3. The topological polar surface area (TPSA) is 78.9 Å². The van der Waals surface area contributed by atoms with Crippen molar-refractivity contribution < 1.29 is 28.6 Å². The van der Waals surface area contributed by atoms with Gasteiger partial charge in [-0.1, -0.05) is 297 Å². The average Bonchev–Trinajstić information content (AvgIpc) is 3.44. The number of rotatable bonds is 59. The lowest BCUT2D eigenvalue weighted by Crippen LogP contribution is -2.30. The molecule has 1 atom stereocenters. The van der Waals surface area contributed by atoms with Gasteiger partial charge in [-0.2, -0.15) is 0 Å². The van der Waals surface area contributed by atoms with Gasteiger partial charge in [0.1, 0.15) is 13.2 Å². The maximum Gasteiger partial charge on any atom is 0.306 e. The van der Waals surface area contributed by atoms with Crippen molar-refractivity contribution in [3.63, 3.8) is 0 Å². The van der Waals surface area contributed by atoms with Gasteiger partial charge in [0.15, 0.2) is 6.10 Å². The van der Waals surface area contributed by atoms with Crippen LogP contribution in [0.4, 0.5) is 0 Å². The van der Waals surface area contributed by atoms with Gasteiger partial charge in [0, 0.05) is 19.3 Å². The fourth-order valence-electron chi connectivity index (χ4n) is 9.17. The van der Waals surface area contributed by atoms with Crippen LogP contribution in [0.5, 0.6) is 0 Å². The van der Waals surface area contributed by atoms with E-state index >= 15 is 0 Å². The normalized spacial score (nSPS) is 12.8. The zero-order valence-corrected chi connectivity index (χ0v) is 51.2. The Bertz CT molecular complexity index is 1570. The summed E-state index contributed by atoms with van der Waals surface area (Å²) < 4.78 is 17.0. The highest BCUT2D eigenvalue weighted by Crippen LogP contribution is 2.17. The quantitative estimate of drug-likeness (QED) is 0.0261. The minimum Gasteiger partial charge on any atom is -0.462 e. The number of hydrogen-bond acceptors (Lipinski definition) is 6. The van der Waals surface area contributed by atoms with Crippen LogP contribution in [0.2, 0.25) is 0 Å². The number of hydrogen-bond donors (Lipinski definition) is 0. The van der Waals surface area contributed by atoms with Gasteiger partial charge in [0.2, 0.25) is 0 Å². The molecule has 446 valence electrons. The van der Waals surface area contributed by atoms with Crippen molar-refractivity contribution in [1.29, 1.82) is 0 Å². The highest BCUT2D eigenvalue weighted by Gasteiger charge is 2.19. The Kier molecular flexibility index (Phi) is 62.3. The predicted molar refractivity (Wildman–Crippen MR) is 339 cm³/mol. The number of carbonyl (C=O) groups excluding carboxylic acids is 3. The van der Waals surface area contributed by atoms with Gasteiger partial charge in [-0.25, -0.2) is 0 Å². The molecule has 0 saturated heterocycles. The third-order valence-electron chi connectivity index (χ3n) is 14.0. The molecule has 0 aromatic heterocycles. The van der Waals surface area contributed by atoms with Crippen molar-refractivity contribution in [3.8, 4) is 0 Å².